The summed E-state index contributed by atoms with van der Waals surface area (Å²) >= 11 is 5.74. The number of aromatic nitrogens is 4. The second kappa shape index (κ2) is 15.6. The highest BCUT2D eigenvalue weighted by Crippen LogP contribution is 2.45. The van der Waals surface area contributed by atoms with Gasteiger partial charge in [-0.05, 0) is 33.1 Å². The predicted molar refractivity (Wildman–Crippen MR) is 216 cm³/mol. The maximum atomic E-state index is 7.52. The Kier molecular flexibility index (Phi) is 10.7. The Morgan fingerprint density at radius 3 is 2.07 bits per heavy atom. The zero-order valence-corrected chi connectivity index (χ0v) is 32.3. The lowest BCUT2D eigenvalue weighted by molar-refractivity contribution is -0.110. The highest BCUT2D eigenvalue weighted by molar-refractivity contribution is 7.79. The average Bonchev–Trinajstić information content (AvgIpc) is 3.75. The first kappa shape index (κ1) is 37.1. The average molecular weight is 758 g/mol. The molecule has 6 aromatic rings. The van der Waals surface area contributed by atoms with Crippen LogP contribution in [0.5, 0.6) is 5.75 Å². The van der Waals surface area contributed by atoms with Crippen molar-refractivity contribution in [2.24, 2.45) is 0 Å². The number of nitrogens with zero attached hydrogens (tertiary/aromatic N) is 4. The van der Waals surface area contributed by atoms with Crippen molar-refractivity contribution >= 4 is 53.1 Å². The number of rotatable bonds is 12. The summed E-state index contributed by atoms with van der Waals surface area (Å²) in [6.07, 6.45) is 2.11. The first-order valence-electron chi connectivity index (χ1n) is 17.7. The summed E-state index contributed by atoms with van der Waals surface area (Å²) in [6, 6.07) is 40.0. The van der Waals surface area contributed by atoms with Crippen molar-refractivity contribution in [3.63, 3.8) is 0 Å². The van der Waals surface area contributed by atoms with Crippen molar-refractivity contribution in [3.8, 4) is 5.75 Å². The second-order valence-corrected chi connectivity index (χ2v) is 18.8. The molecule has 276 valence electrons. The lowest BCUT2D eigenvalue weighted by Gasteiger charge is -2.45. The smallest absolute Gasteiger partial charge is 0.358 e. The van der Waals surface area contributed by atoms with Gasteiger partial charge in [0.15, 0.2) is 23.8 Å². The fraction of sp³-hybridized carbons (Fsp3) is 0.238. The molecular formula is C42H43N5O5SSi. The van der Waals surface area contributed by atoms with Crippen molar-refractivity contribution in [1.82, 2.24) is 19.5 Å². The molecule has 2 aromatic heterocycles. The molecular weight excluding hydrogens is 715 g/mol. The standard InChI is InChI=1S/C42H43N5O5SSi/c1-5-42(27-49-54(41(2,3)4,32-22-14-8-15-23-32)33-24-16-9-17-25-33)36(48-26-30-18-10-6-11-19-30)35(51-40(53)50-31-20-12-7-13-21-31)39(52-42)47-29-46-34-37(43)44-28-45-38(34)47/h5-25,28-29,35-36,39H,1,26-27H2,2-4H3,(H2,43,44,45)/t35-,36+,39-,42-/m1/s1. The molecule has 4 aromatic carbocycles. The maximum absolute atomic E-state index is 7.52. The van der Waals surface area contributed by atoms with E-state index in [4.69, 9.17) is 41.3 Å². The zero-order valence-electron chi connectivity index (χ0n) is 30.4. The molecule has 1 aliphatic heterocycles. The van der Waals surface area contributed by atoms with E-state index in [0.717, 1.165) is 15.9 Å². The number of para-hydroxylation sites is 1. The second-order valence-electron chi connectivity index (χ2n) is 14.2. The van der Waals surface area contributed by atoms with Crippen LogP contribution in [0.3, 0.4) is 0 Å². The van der Waals surface area contributed by atoms with Gasteiger partial charge >= 0.3 is 5.24 Å². The zero-order chi connectivity index (χ0) is 37.8. The molecule has 1 aliphatic rings. The van der Waals surface area contributed by atoms with Gasteiger partial charge in [-0.3, -0.25) is 4.57 Å². The van der Waals surface area contributed by atoms with Crippen LogP contribution in [-0.4, -0.2) is 57.5 Å². The number of benzene rings is 4. The minimum Gasteiger partial charge on any atom is -0.445 e. The number of hydrogen-bond acceptors (Lipinski definition) is 10. The van der Waals surface area contributed by atoms with Gasteiger partial charge in [-0.1, -0.05) is 136 Å². The normalized spacial score (nSPS) is 20.1. The summed E-state index contributed by atoms with van der Waals surface area (Å²) in [6.45, 7) is 11.3. The highest BCUT2D eigenvalue weighted by Gasteiger charge is 2.60. The fourth-order valence-corrected chi connectivity index (χ4v) is 12.0. The minimum atomic E-state index is -3.07. The van der Waals surface area contributed by atoms with E-state index in [0.29, 0.717) is 16.9 Å². The van der Waals surface area contributed by atoms with Gasteiger partial charge in [-0.2, -0.15) is 0 Å². The van der Waals surface area contributed by atoms with Crippen molar-refractivity contribution in [1.29, 1.82) is 0 Å². The molecule has 1 saturated heterocycles. The summed E-state index contributed by atoms with van der Waals surface area (Å²) < 4.78 is 36.0. The van der Waals surface area contributed by atoms with Crippen LogP contribution >= 0.6 is 12.2 Å². The number of hydrogen-bond donors (Lipinski definition) is 1. The molecule has 0 unspecified atom stereocenters. The molecule has 0 aliphatic carbocycles. The van der Waals surface area contributed by atoms with Gasteiger partial charge in [-0.25, -0.2) is 15.0 Å². The van der Waals surface area contributed by atoms with E-state index < -0.39 is 32.4 Å². The van der Waals surface area contributed by atoms with Crippen LogP contribution in [0.4, 0.5) is 5.82 Å². The van der Waals surface area contributed by atoms with Gasteiger partial charge in [0, 0.05) is 12.2 Å². The van der Waals surface area contributed by atoms with Gasteiger partial charge in [0.05, 0.1) is 19.5 Å². The van der Waals surface area contributed by atoms with Gasteiger partial charge in [0.25, 0.3) is 8.32 Å². The van der Waals surface area contributed by atoms with E-state index in [1.165, 1.54) is 6.33 Å². The summed E-state index contributed by atoms with van der Waals surface area (Å²) in [7, 11) is -3.07. The Morgan fingerprint density at radius 2 is 1.48 bits per heavy atom. The predicted octanol–water partition coefficient (Wildman–Crippen LogP) is 6.77. The topological polar surface area (TPSA) is 116 Å². The van der Waals surface area contributed by atoms with Crippen LogP contribution in [0.25, 0.3) is 11.2 Å². The summed E-state index contributed by atoms with van der Waals surface area (Å²) in [5, 5.41) is 1.82. The highest BCUT2D eigenvalue weighted by atomic mass is 32.1. The molecule has 0 amide bonds. The van der Waals surface area contributed by atoms with Gasteiger partial charge in [0.1, 0.15) is 29.3 Å². The molecule has 12 heteroatoms. The van der Waals surface area contributed by atoms with Gasteiger partial charge in [-0.15, -0.1) is 6.58 Å². The molecule has 0 bridgehead atoms. The maximum Gasteiger partial charge on any atom is 0.358 e. The lowest BCUT2D eigenvalue weighted by atomic mass is 9.95. The molecule has 54 heavy (non-hydrogen) atoms. The number of fused-ring (bicyclic) bond motifs is 1. The third-order valence-corrected chi connectivity index (χ3v) is 15.0. The number of nitrogen functional groups attached to an aromatic ring is 1. The van der Waals surface area contributed by atoms with Crippen LogP contribution < -0.4 is 20.8 Å². The van der Waals surface area contributed by atoms with Crippen LogP contribution in [-0.2, 0) is 25.2 Å². The van der Waals surface area contributed by atoms with Crippen molar-refractivity contribution < 1.29 is 23.4 Å². The molecule has 0 spiro atoms. The number of anilines is 1. The largest absolute Gasteiger partial charge is 0.445 e. The number of thiocarbonyl (C=S) groups is 1. The third-order valence-electron chi connectivity index (χ3n) is 9.79. The lowest BCUT2D eigenvalue weighted by Crippen LogP contribution is -2.68. The Bertz CT molecular complexity index is 2150. The van der Waals surface area contributed by atoms with Crippen molar-refractivity contribution in [2.45, 2.75) is 56.5 Å². The molecule has 3 heterocycles. The van der Waals surface area contributed by atoms with Gasteiger partial charge in [0.2, 0.25) is 0 Å². The monoisotopic (exact) mass is 757 g/mol. The van der Waals surface area contributed by atoms with E-state index in [9.17, 15) is 0 Å². The molecule has 0 saturated carbocycles. The van der Waals surface area contributed by atoms with Gasteiger partial charge < -0.3 is 29.1 Å². The third kappa shape index (κ3) is 7.18. The minimum absolute atomic E-state index is 0.0651. The first-order valence-corrected chi connectivity index (χ1v) is 20.1. The SMILES string of the molecule is C=C[C@]1(CO[Si](c2ccccc2)(c2ccccc2)C(C)(C)C)O[C@@H](n2cnc3c(N)ncnc32)[C@H](OC(=S)Oc2ccccc2)[C@@H]1OCc1ccccc1. The Morgan fingerprint density at radius 1 is 0.889 bits per heavy atom. The molecule has 4 atom stereocenters. The summed E-state index contributed by atoms with van der Waals surface area (Å²) in [5.41, 5.74) is 6.79. The Balaban J connectivity index is 1.35. The van der Waals surface area contributed by atoms with E-state index in [-0.39, 0.29) is 29.3 Å². The number of imidazole rings is 1. The van der Waals surface area contributed by atoms with Crippen LogP contribution in [0.1, 0.15) is 32.6 Å². The van der Waals surface area contributed by atoms with E-state index in [2.05, 4.69) is 90.8 Å². The first-order chi connectivity index (χ1) is 26.1. The number of ether oxygens (including phenoxy) is 4. The van der Waals surface area contributed by atoms with Crippen LogP contribution in [0.2, 0.25) is 5.04 Å². The van der Waals surface area contributed by atoms with Crippen molar-refractivity contribution in [3.05, 3.63) is 152 Å². The Labute approximate surface area is 321 Å². The molecule has 0 radical (unpaired) electrons. The number of nitrogens with two attached hydrogens (primary N) is 1. The summed E-state index contributed by atoms with van der Waals surface area (Å²) in [4.78, 5) is 13.2. The van der Waals surface area contributed by atoms with Crippen LogP contribution in [0.15, 0.2) is 147 Å². The van der Waals surface area contributed by atoms with E-state index in [1.54, 1.807) is 29.1 Å². The quantitative estimate of drug-likeness (QED) is 0.0815. The van der Waals surface area contributed by atoms with E-state index in [1.807, 2.05) is 60.7 Å². The molecule has 1 fully saturated rings. The summed E-state index contributed by atoms with van der Waals surface area (Å²) in [5.74, 6) is 0.761. The van der Waals surface area contributed by atoms with Crippen molar-refractivity contribution in [2.75, 3.05) is 12.3 Å². The molecule has 7 rings (SSSR count). The van der Waals surface area contributed by atoms with Crippen LogP contribution in [0, 0.1) is 0 Å². The molecule has 2 N–H and O–H groups in total. The Hall–Kier alpha value is -5.24. The molecule has 10 nitrogen and oxygen atoms in total. The fourth-order valence-electron chi connectivity index (χ4n) is 7.22. The van der Waals surface area contributed by atoms with E-state index >= 15 is 0 Å².